The van der Waals surface area contributed by atoms with Gasteiger partial charge in [0.2, 0.25) is 0 Å². The van der Waals surface area contributed by atoms with Crippen molar-refractivity contribution < 1.29 is 26.3 Å². The fourth-order valence-corrected chi connectivity index (χ4v) is 3.43. The Balaban J connectivity index is 0.00000243. The number of benzene rings is 2. The second-order valence-electron chi connectivity index (χ2n) is 6.39. The van der Waals surface area contributed by atoms with Gasteiger partial charge in [-0.1, -0.05) is 36.6 Å². The Bertz CT molecular complexity index is 704. The summed E-state index contributed by atoms with van der Waals surface area (Å²) < 4.78 is 24.2. The first-order valence-electron chi connectivity index (χ1n) is 8.63. The minimum absolute atomic E-state index is 0. The summed E-state index contributed by atoms with van der Waals surface area (Å²) in [6.07, 6.45) is 5.09. The molecule has 0 aromatic heterocycles. The molecule has 3 nitrogen and oxygen atoms in total. The van der Waals surface area contributed by atoms with E-state index in [1.807, 2.05) is 12.1 Å². The van der Waals surface area contributed by atoms with E-state index in [9.17, 15) is 4.39 Å². The van der Waals surface area contributed by atoms with Crippen molar-refractivity contribution in [3.05, 3.63) is 58.4 Å². The number of hydrogen-bond acceptors (Lipinski definition) is 3. The third-order valence-electron chi connectivity index (χ3n) is 4.54. The average molecular weight is 399 g/mol. The van der Waals surface area contributed by atoms with E-state index in [-0.39, 0.29) is 18.2 Å². The lowest BCUT2D eigenvalue weighted by molar-refractivity contribution is -0.00000625. The Morgan fingerprint density at radius 3 is 2.46 bits per heavy atom. The van der Waals surface area contributed by atoms with Crippen LogP contribution in [0.4, 0.5) is 4.39 Å². The summed E-state index contributed by atoms with van der Waals surface area (Å²) in [5.41, 5.74) is 1.94. The number of ether oxygens (including phenoxy) is 2. The highest BCUT2D eigenvalue weighted by molar-refractivity contribution is 6.32. The van der Waals surface area contributed by atoms with Crippen LogP contribution >= 0.6 is 11.6 Å². The zero-order valence-corrected chi connectivity index (χ0v) is 16.2. The molecule has 0 amide bonds. The highest BCUT2D eigenvalue weighted by Crippen LogP contribution is 2.37. The summed E-state index contributed by atoms with van der Waals surface area (Å²) in [6.45, 7) is 1.06. The zero-order chi connectivity index (χ0) is 17.6. The van der Waals surface area contributed by atoms with E-state index < -0.39 is 0 Å². The molecule has 1 saturated carbocycles. The van der Waals surface area contributed by atoms with E-state index in [4.69, 9.17) is 21.1 Å². The van der Waals surface area contributed by atoms with Crippen LogP contribution in [0, 0.1) is 5.82 Å². The summed E-state index contributed by atoms with van der Waals surface area (Å²) in [5.74, 6) is 0.856. The molecule has 2 aromatic rings. The maximum atomic E-state index is 13.0. The first-order valence-corrected chi connectivity index (χ1v) is 9.00. The molecule has 2 aromatic carbocycles. The van der Waals surface area contributed by atoms with Crippen LogP contribution < -0.4 is 27.2 Å². The molecule has 0 heterocycles. The molecule has 1 aliphatic rings. The maximum Gasteiger partial charge on any atom is 0.180 e. The van der Waals surface area contributed by atoms with Crippen molar-refractivity contribution in [2.45, 2.75) is 44.9 Å². The van der Waals surface area contributed by atoms with Gasteiger partial charge in [0.15, 0.2) is 11.5 Å². The number of hydrogen-bond donors (Lipinski definition) is 1. The first kappa shape index (κ1) is 20.8. The van der Waals surface area contributed by atoms with E-state index in [0.717, 1.165) is 17.7 Å². The second kappa shape index (κ2) is 10.0. The topological polar surface area (TPSA) is 30.5 Å². The van der Waals surface area contributed by atoms with E-state index in [1.54, 1.807) is 19.2 Å². The molecule has 0 bridgehead atoms. The van der Waals surface area contributed by atoms with Crippen LogP contribution in [-0.2, 0) is 13.2 Å². The van der Waals surface area contributed by atoms with Crippen molar-refractivity contribution in [1.29, 1.82) is 0 Å². The van der Waals surface area contributed by atoms with E-state index in [1.165, 1.54) is 37.8 Å². The SMILES string of the molecule is COc1cc(CNC2CCCC2)cc(Cl)c1OCc1ccc(F)cc1.[Cl-]. The molecule has 142 valence electrons. The molecule has 1 aliphatic carbocycles. The molecule has 0 spiro atoms. The first-order chi connectivity index (χ1) is 12.2. The summed E-state index contributed by atoms with van der Waals surface area (Å²) >= 11 is 6.41. The van der Waals surface area contributed by atoms with Crippen molar-refractivity contribution in [1.82, 2.24) is 5.32 Å². The summed E-state index contributed by atoms with van der Waals surface area (Å²) in [5, 5.41) is 4.09. The largest absolute Gasteiger partial charge is 1.00 e. The lowest BCUT2D eigenvalue weighted by Gasteiger charge is -2.16. The lowest BCUT2D eigenvalue weighted by atomic mass is 10.1. The third-order valence-corrected chi connectivity index (χ3v) is 4.82. The minimum Gasteiger partial charge on any atom is -1.00 e. The van der Waals surface area contributed by atoms with Crippen molar-refractivity contribution >= 4 is 11.6 Å². The Morgan fingerprint density at radius 1 is 1.12 bits per heavy atom. The molecular formula is C20H23Cl2FNO2-. The molecule has 0 saturated heterocycles. The molecular weight excluding hydrogens is 376 g/mol. The Kier molecular flexibility index (Phi) is 8.01. The summed E-state index contributed by atoms with van der Waals surface area (Å²) in [6, 6.07) is 10.7. The zero-order valence-electron chi connectivity index (χ0n) is 14.7. The normalized spacial score (nSPS) is 14.1. The van der Waals surface area contributed by atoms with Crippen molar-refractivity contribution in [3.8, 4) is 11.5 Å². The molecule has 6 heteroatoms. The van der Waals surface area contributed by atoms with Gasteiger partial charge in [-0.2, -0.15) is 0 Å². The molecule has 1 N–H and O–H groups in total. The molecule has 3 rings (SSSR count). The van der Waals surface area contributed by atoms with Gasteiger partial charge >= 0.3 is 0 Å². The Morgan fingerprint density at radius 2 is 1.81 bits per heavy atom. The van der Waals surface area contributed by atoms with Gasteiger partial charge in [0.05, 0.1) is 12.1 Å². The Hall–Kier alpha value is -1.49. The highest BCUT2D eigenvalue weighted by atomic mass is 35.5. The maximum absolute atomic E-state index is 13.0. The molecule has 26 heavy (non-hydrogen) atoms. The van der Waals surface area contributed by atoms with Crippen LogP contribution in [0.2, 0.25) is 5.02 Å². The van der Waals surface area contributed by atoms with E-state index in [2.05, 4.69) is 5.32 Å². The fraction of sp³-hybridized carbons (Fsp3) is 0.400. The van der Waals surface area contributed by atoms with Gasteiger partial charge in [-0.15, -0.1) is 0 Å². The number of halogens is 3. The molecule has 0 aliphatic heterocycles. The van der Waals surface area contributed by atoms with Gasteiger partial charge in [0.25, 0.3) is 0 Å². The predicted molar refractivity (Wildman–Crippen MR) is 97.8 cm³/mol. The van der Waals surface area contributed by atoms with Crippen LogP contribution in [0.5, 0.6) is 11.5 Å². The van der Waals surface area contributed by atoms with Crippen molar-refractivity contribution in [2.75, 3.05) is 7.11 Å². The monoisotopic (exact) mass is 398 g/mol. The molecule has 1 fully saturated rings. The predicted octanol–water partition coefficient (Wildman–Crippen LogP) is 2.10. The van der Waals surface area contributed by atoms with Gasteiger partial charge in [-0.3, -0.25) is 0 Å². The van der Waals surface area contributed by atoms with Crippen LogP contribution in [0.25, 0.3) is 0 Å². The van der Waals surface area contributed by atoms with Gasteiger partial charge in [-0.25, -0.2) is 4.39 Å². The smallest absolute Gasteiger partial charge is 0.180 e. The fourth-order valence-electron chi connectivity index (χ4n) is 3.14. The molecule has 0 radical (unpaired) electrons. The standard InChI is InChI=1S/C20H23ClFNO2.ClH/c1-24-19-11-15(12-23-17-4-2-3-5-17)10-18(21)20(19)25-13-14-6-8-16(22)9-7-14;/h6-11,17,23H,2-5,12-13H2,1H3;1H/p-1. The number of nitrogens with one attached hydrogen (secondary N) is 1. The van der Waals surface area contributed by atoms with Crippen molar-refractivity contribution in [2.24, 2.45) is 0 Å². The van der Waals surface area contributed by atoms with Gasteiger partial charge < -0.3 is 27.2 Å². The average Bonchev–Trinajstić information content (AvgIpc) is 3.13. The summed E-state index contributed by atoms with van der Waals surface area (Å²) in [7, 11) is 1.60. The van der Waals surface area contributed by atoms with Crippen LogP contribution in [0.3, 0.4) is 0 Å². The third kappa shape index (κ3) is 5.50. The van der Waals surface area contributed by atoms with Crippen molar-refractivity contribution in [3.63, 3.8) is 0 Å². The summed E-state index contributed by atoms with van der Waals surface area (Å²) in [4.78, 5) is 0. The molecule has 0 unspecified atom stereocenters. The highest BCUT2D eigenvalue weighted by Gasteiger charge is 2.16. The number of rotatable bonds is 7. The van der Waals surface area contributed by atoms with Gasteiger partial charge in [-0.05, 0) is 48.2 Å². The van der Waals surface area contributed by atoms with Gasteiger partial charge in [0.1, 0.15) is 12.4 Å². The van der Waals surface area contributed by atoms with E-state index in [0.29, 0.717) is 29.2 Å². The molecule has 0 atom stereocenters. The van der Waals surface area contributed by atoms with Crippen LogP contribution in [0.1, 0.15) is 36.8 Å². The lowest BCUT2D eigenvalue weighted by Crippen LogP contribution is -3.00. The second-order valence-corrected chi connectivity index (χ2v) is 6.79. The minimum atomic E-state index is -0.265. The van der Waals surface area contributed by atoms with Gasteiger partial charge in [0, 0.05) is 12.6 Å². The van der Waals surface area contributed by atoms with Crippen LogP contribution in [0.15, 0.2) is 36.4 Å². The quantitative estimate of drug-likeness (QED) is 0.774. The number of methoxy groups -OCH3 is 1. The van der Waals surface area contributed by atoms with E-state index >= 15 is 0 Å². The Labute approximate surface area is 165 Å². The van der Waals surface area contributed by atoms with Crippen LogP contribution in [-0.4, -0.2) is 13.2 Å².